The molecule has 24 heavy (non-hydrogen) atoms. The smallest absolute Gasteiger partial charge is 0.299 e. The van der Waals surface area contributed by atoms with E-state index in [4.69, 9.17) is 0 Å². The van der Waals surface area contributed by atoms with E-state index < -0.39 is 5.97 Å². The van der Waals surface area contributed by atoms with Gasteiger partial charge in [-0.05, 0) is 36.8 Å². The number of carbonyl (C=O) groups excluding carboxylic acids is 1. The summed E-state index contributed by atoms with van der Waals surface area (Å²) in [7, 11) is 0. The van der Waals surface area contributed by atoms with Gasteiger partial charge in [-0.2, -0.15) is 5.11 Å². The number of H-pyrrole nitrogens is 1. The highest BCUT2D eigenvalue weighted by atomic mass is 16.4. The van der Waals surface area contributed by atoms with E-state index in [-0.39, 0.29) is 16.8 Å². The fourth-order valence-corrected chi connectivity index (χ4v) is 2.22. The van der Waals surface area contributed by atoms with Gasteiger partial charge in [0.05, 0.1) is 23.0 Å². The Bertz CT molecular complexity index is 971. The van der Waals surface area contributed by atoms with Crippen LogP contribution in [-0.2, 0) is 0 Å². The van der Waals surface area contributed by atoms with Crippen LogP contribution in [0.5, 0.6) is 0 Å². The average molecular weight is 321 g/mol. The van der Waals surface area contributed by atoms with E-state index in [0.29, 0.717) is 17.1 Å². The van der Waals surface area contributed by atoms with Gasteiger partial charge in [0.15, 0.2) is 5.69 Å². The first-order valence-corrected chi connectivity index (χ1v) is 7.16. The molecular weight excluding hydrogens is 308 g/mol. The molecule has 0 saturated heterocycles. The molecule has 0 radical (unpaired) electrons. The van der Waals surface area contributed by atoms with Crippen LogP contribution in [0.25, 0.3) is 5.69 Å². The molecule has 2 aromatic carbocycles. The number of carboxylic acids is 1. The van der Waals surface area contributed by atoms with Gasteiger partial charge < -0.3 is 9.90 Å². The SMILES string of the molecule is Cc1[nH]n(-c2ccccc2)c(=O)c1N=Nc1cccc(C(=O)[O-])c1. The fourth-order valence-electron chi connectivity index (χ4n) is 2.22. The highest BCUT2D eigenvalue weighted by molar-refractivity contribution is 5.86. The Labute approximate surface area is 136 Å². The van der Waals surface area contributed by atoms with Crippen molar-refractivity contribution in [3.05, 3.63) is 76.2 Å². The number of para-hydroxylation sites is 1. The normalized spacial score (nSPS) is 11.0. The topological polar surface area (TPSA) is 103 Å². The molecule has 0 spiro atoms. The van der Waals surface area contributed by atoms with Crippen LogP contribution in [0, 0.1) is 6.92 Å². The third-order valence-electron chi connectivity index (χ3n) is 3.40. The van der Waals surface area contributed by atoms with Crippen LogP contribution < -0.4 is 10.7 Å². The number of hydrogen-bond donors (Lipinski definition) is 1. The maximum Gasteiger partial charge on any atom is 0.299 e. The third-order valence-corrected chi connectivity index (χ3v) is 3.40. The summed E-state index contributed by atoms with van der Waals surface area (Å²) in [5, 5.41) is 21.7. The minimum absolute atomic E-state index is 0.000984. The molecule has 7 heteroatoms. The first-order valence-electron chi connectivity index (χ1n) is 7.16. The van der Waals surface area contributed by atoms with Gasteiger partial charge in [0.1, 0.15) is 0 Å². The zero-order valence-corrected chi connectivity index (χ0v) is 12.8. The Morgan fingerprint density at radius 2 is 1.83 bits per heavy atom. The molecule has 3 aromatic rings. The van der Waals surface area contributed by atoms with Crippen molar-refractivity contribution in [2.45, 2.75) is 6.92 Å². The predicted molar refractivity (Wildman–Crippen MR) is 86.1 cm³/mol. The van der Waals surface area contributed by atoms with Crippen LogP contribution in [0.1, 0.15) is 16.1 Å². The molecule has 0 bridgehead atoms. The lowest BCUT2D eigenvalue weighted by Crippen LogP contribution is -2.21. The summed E-state index contributed by atoms with van der Waals surface area (Å²) >= 11 is 0. The standard InChI is InChI=1S/C17H14N4O3/c1-11-15(16(22)21(20-11)14-8-3-2-4-9-14)19-18-13-7-5-6-12(10-13)17(23)24/h2-10,20H,1H3,(H,23,24)/p-1. The number of azo groups is 1. The Morgan fingerprint density at radius 3 is 2.54 bits per heavy atom. The number of carbonyl (C=O) groups is 1. The van der Waals surface area contributed by atoms with Gasteiger partial charge in [-0.25, -0.2) is 4.68 Å². The second kappa shape index (κ2) is 6.33. The number of rotatable bonds is 4. The highest BCUT2D eigenvalue weighted by Gasteiger charge is 2.11. The van der Waals surface area contributed by atoms with Crippen molar-refractivity contribution in [3.8, 4) is 5.69 Å². The molecule has 0 unspecified atom stereocenters. The largest absolute Gasteiger partial charge is 0.545 e. The van der Waals surface area contributed by atoms with Crippen LogP contribution in [0.15, 0.2) is 69.6 Å². The average Bonchev–Trinajstić information content (AvgIpc) is 2.88. The zero-order valence-electron chi connectivity index (χ0n) is 12.8. The van der Waals surface area contributed by atoms with Crippen molar-refractivity contribution in [1.82, 2.24) is 9.78 Å². The minimum atomic E-state index is -1.30. The maximum atomic E-state index is 12.5. The number of hydrogen-bond acceptors (Lipinski definition) is 5. The maximum absolute atomic E-state index is 12.5. The van der Waals surface area contributed by atoms with Crippen molar-refractivity contribution >= 4 is 17.3 Å². The van der Waals surface area contributed by atoms with Gasteiger partial charge in [0.2, 0.25) is 0 Å². The van der Waals surface area contributed by atoms with Crippen LogP contribution >= 0.6 is 0 Å². The number of aromatic amines is 1. The van der Waals surface area contributed by atoms with E-state index in [1.165, 1.54) is 22.9 Å². The second-order valence-corrected chi connectivity index (χ2v) is 5.10. The fraction of sp³-hybridized carbons (Fsp3) is 0.0588. The van der Waals surface area contributed by atoms with E-state index in [0.717, 1.165) is 0 Å². The minimum Gasteiger partial charge on any atom is -0.545 e. The van der Waals surface area contributed by atoms with E-state index in [9.17, 15) is 14.7 Å². The van der Waals surface area contributed by atoms with Crippen molar-refractivity contribution in [1.29, 1.82) is 0 Å². The van der Waals surface area contributed by atoms with E-state index in [1.807, 2.05) is 18.2 Å². The van der Waals surface area contributed by atoms with E-state index >= 15 is 0 Å². The molecule has 120 valence electrons. The first-order chi connectivity index (χ1) is 11.6. The van der Waals surface area contributed by atoms with Crippen molar-refractivity contribution in [2.75, 3.05) is 0 Å². The predicted octanol–water partition coefficient (Wildman–Crippen LogP) is 2.25. The molecule has 0 saturated carbocycles. The lowest BCUT2D eigenvalue weighted by atomic mass is 10.2. The summed E-state index contributed by atoms with van der Waals surface area (Å²) in [4.78, 5) is 23.3. The zero-order chi connectivity index (χ0) is 17.1. The molecule has 1 N–H and O–H groups in total. The van der Waals surface area contributed by atoms with Gasteiger partial charge in [-0.3, -0.25) is 9.89 Å². The summed E-state index contributed by atoms with van der Waals surface area (Å²) in [6, 6.07) is 14.9. The number of nitrogens with zero attached hydrogens (tertiary/aromatic N) is 3. The van der Waals surface area contributed by atoms with Crippen LogP contribution in [0.3, 0.4) is 0 Å². The quantitative estimate of drug-likeness (QED) is 0.745. The Hall–Kier alpha value is -3.48. The van der Waals surface area contributed by atoms with Crippen molar-refractivity contribution in [3.63, 3.8) is 0 Å². The Morgan fingerprint density at radius 1 is 1.08 bits per heavy atom. The summed E-state index contributed by atoms with van der Waals surface area (Å²) in [5.41, 5.74) is 1.40. The summed E-state index contributed by atoms with van der Waals surface area (Å²) in [6.45, 7) is 1.72. The molecule has 3 rings (SSSR count). The van der Waals surface area contributed by atoms with Gasteiger partial charge >= 0.3 is 0 Å². The lowest BCUT2D eigenvalue weighted by Gasteiger charge is -2.01. The highest BCUT2D eigenvalue weighted by Crippen LogP contribution is 2.19. The molecular formula is C17H13N4O3-. The third kappa shape index (κ3) is 3.00. The molecule has 0 atom stereocenters. The van der Waals surface area contributed by atoms with Crippen LogP contribution in [-0.4, -0.2) is 15.7 Å². The second-order valence-electron chi connectivity index (χ2n) is 5.10. The van der Waals surface area contributed by atoms with E-state index in [1.54, 1.807) is 25.1 Å². The number of nitrogens with one attached hydrogen (secondary N) is 1. The van der Waals surface area contributed by atoms with Crippen LogP contribution in [0.2, 0.25) is 0 Å². The summed E-state index contributed by atoms with van der Waals surface area (Å²) in [5.74, 6) is -1.30. The molecule has 0 aliphatic carbocycles. The van der Waals surface area contributed by atoms with Gasteiger partial charge in [0, 0.05) is 0 Å². The number of aromatic nitrogens is 2. The van der Waals surface area contributed by atoms with Gasteiger partial charge in [-0.15, -0.1) is 5.11 Å². The molecule has 7 nitrogen and oxygen atoms in total. The first kappa shape index (κ1) is 15.4. The number of aromatic carboxylic acids is 1. The molecule has 1 aromatic heterocycles. The number of aryl methyl sites for hydroxylation is 1. The summed E-state index contributed by atoms with van der Waals surface area (Å²) < 4.78 is 1.38. The molecule has 0 aliphatic rings. The van der Waals surface area contributed by atoms with Crippen molar-refractivity contribution in [2.24, 2.45) is 10.2 Å². The monoisotopic (exact) mass is 321 g/mol. The van der Waals surface area contributed by atoms with Gasteiger partial charge in [-0.1, -0.05) is 30.3 Å². The summed E-state index contributed by atoms with van der Waals surface area (Å²) in [6.07, 6.45) is 0. The molecule has 0 fully saturated rings. The van der Waals surface area contributed by atoms with Gasteiger partial charge in [0.25, 0.3) is 5.56 Å². The lowest BCUT2D eigenvalue weighted by molar-refractivity contribution is -0.255. The number of benzene rings is 2. The molecule has 1 heterocycles. The Kier molecular flexibility index (Phi) is 4.07. The van der Waals surface area contributed by atoms with Crippen LogP contribution in [0.4, 0.5) is 11.4 Å². The van der Waals surface area contributed by atoms with E-state index in [2.05, 4.69) is 15.3 Å². The van der Waals surface area contributed by atoms with Crippen molar-refractivity contribution < 1.29 is 9.90 Å². The number of carboxylic acid groups (broad SMARTS) is 1. The molecule has 0 amide bonds. The molecule has 0 aliphatic heterocycles. The Balaban J connectivity index is 1.97.